The first-order valence-corrected chi connectivity index (χ1v) is 12.6. The second kappa shape index (κ2) is 12.7. The maximum atomic E-state index is 12.2. The van der Waals surface area contributed by atoms with E-state index in [1.54, 1.807) is 4.90 Å². The molecule has 1 fully saturated rings. The van der Waals surface area contributed by atoms with Crippen molar-refractivity contribution < 1.29 is 9.53 Å². The van der Waals surface area contributed by atoms with Crippen molar-refractivity contribution in [3.05, 3.63) is 12.3 Å². The summed E-state index contributed by atoms with van der Waals surface area (Å²) in [5, 5.41) is 3.78. The Morgan fingerprint density at radius 2 is 1.74 bits per heavy atom. The van der Waals surface area contributed by atoms with Crippen LogP contribution in [0.1, 0.15) is 101 Å². The summed E-state index contributed by atoms with van der Waals surface area (Å²) < 4.78 is 5.47. The van der Waals surface area contributed by atoms with Gasteiger partial charge in [-0.05, 0) is 65.7 Å². The van der Waals surface area contributed by atoms with E-state index in [1.807, 2.05) is 20.8 Å². The highest BCUT2D eigenvalue weighted by Crippen LogP contribution is 2.27. The van der Waals surface area contributed by atoms with E-state index in [4.69, 9.17) is 4.74 Å². The number of likely N-dealkylation sites (tertiary alicyclic amines) is 1. The van der Waals surface area contributed by atoms with Gasteiger partial charge in [-0.3, -0.25) is 0 Å². The molecular weight excluding hydrogens is 386 g/mol. The van der Waals surface area contributed by atoms with Crippen LogP contribution in [0.15, 0.2) is 12.3 Å². The van der Waals surface area contributed by atoms with Crippen molar-refractivity contribution in [1.82, 2.24) is 15.1 Å². The van der Waals surface area contributed by atoms with E-state index in [9.17, 15) is 4.79 Å². The van der Waals surface area contributed by atoms with Crippen LogP contribution in [0, 0.1) is 5.92 Å². The summed E-state index contributed by atoms with van der Waals surface area (Å²) in [5.74, 6) is 0.620. The highest BCUT2D eigenvalue weighted by molar-refractivity contribution is 5.69. The van der Waals surface area contributed by atoms with E-state index in [2.05, 4.69) is 58.3 Å². The minimum absolute atomic E-state index is 0.198. The second-order valence-corrected chi connectivity index (χ2v) is 10.7. The molecule has 0 radical (unpaired) electrons. The average Bonchev–Trinajstić information content (AvgIpc) is 2.62. The summed E-state index contributed by atoms with van der Waals surface area (Å²) >= 11 is 0. The molecule has 1 saturated heterocycles. The van der Waals surface area contributed by atoms with Gasteiger partial charge in [-0.2, -0.15) is 0 Å². The van der Waals surface area contributed by atoms with Crippen molar-refractivity contribution in [3.8, 4) is 0 Å². The van der Waals surface area contributed by atoms with Gasteiger partial charge < -0.3 is 19.9 Å². The molecule has 31 heavy (non-hydrogen) atoms. The van der Waals surface area contributed by atoms with Gasteiger partial charge in [0, 0.05) is 43.0 Å². The molecule has 182 valence electrons. The quantitative estimate of drug-likeness (QED) is 0.373. The number of nitrogens with zero attached hydrogens (tertiary/aromatic N) is 2. The van der Waals surface area contributed by atoms with E-state index in [1.165, 1.54) is 5.70 Å². The lowest BCUT2D eigenvalue weighted by atomic mass is 9.94. The zero-order chi connectivity index (χ0) is 23.8. The van der Waals surface area contributed by atoms with Crippen LogP contribution in [-0.4, -0.2) is 58.8 Å². The predicted octanol–water partition coefficient (Wildman–Crippen LogP) is 6.19. The minimum atomic E-state index is -0.433. The Labute approximate surface area is 193 Å². The van der Waals surface area contributed by atoms with Gasteiger partial charge in [0.25, 0.3) is 0 Å². The lowest BCUT2D eigenvalue weighted by Gasteiger charge is -2.43. The number of rotatable bonds is 13. The van der Waals surface area contributed by atoms with Crippen molar-refractivity contribution in [2.75, 3.05) is 13.1 Å². The summed E-state index contributed by atoms with van der Waals surface area (Å²) in [5.41, 5.74) is 0.862. The molecule has 0 aliphatic carbocycles. The van der Waals surface area contributed by atoms with Crippen LogP contribution in [0.4, 0.5) is 4.79 Å². The molecule has 0 bridgehead atoms. The number of carbonyl (C=O) groups is 1. The van der Waals surface area contributed by atoms with E-state index in [0.29, 0.717) is 30.1 Å². The molecule has 3 atom stereocenters. The molecule has 0 aromatic heterocycles. The fourth-order valence-corrected chi connectivity index (χ4v) is 4.66. The SMILES string of the molecule is C=C(CCC)N(C(CC)C(C)C)[C@@H](C)CCC(CC)NC1CN(C(=O)OC(C)(C)C)C1. The number of allylic oxidation sites excluding steroid dienone is 1. The third kappa shape index (κ3) is 9.03. The topological polar surface area (TPSA) is 44.8 Å². The van der Waals surface area contributed by atoms with E-state index in [0.717, 1.165) is 51.6 Å². The number of hydrogen-bond acceptors (Lipinski definition) is 4. The highest BCUT2D eigenvalue weighted by Gasteiger charge is 2.34. The summed E-state index contributed by atoms with van der Waals surface area (Å²) in [4.78, 5) is 16.6. The third-order valence-corrected chi connectivity index (χ3v) is 6.35. The van der Waals surface area contributed by atoms with E-state index in [-0.39, 0.29) is 6.09 Å². The molecule has 0 spiro atoms. The molecule has 0 saturated carbocycles. The molecule has 1 aliphatic heterocycles. The Kier molecular flexibility index (Phi) is 11.4. The molecule has 1 aliphatic rings. The molecular formula is C26H51N3O2. The maximum absolute atomic E-state index is 12.2. The second-order valence-electron chi connectivity index (χ2n) is 10.7. The van der Waals surface area contributed by atoms with Crippen LogP contribution >= 0.6 is 0 Å². The summed E-state index contributed by atoms with van der Waals surface area (Å²) in [7, 11) is 0. The molecule has 2 unspecified atom stereocenters. The third-order valence-electron chi connectivity index (χ3n) is 6.35. The van der Waals surface area contributed by atoms with Crippen molar-refractivity contribution >= 4 is 6.09 Å². The molecule has 1 rings (SSSR count). The van der Waals surface area contributed by atoms with Gasteiger partial charge in [0.15, 0.2) is 0 Å². The van der Waals surface area contributed by atoms with Gasteiger partial charge in [0.1, 0.15) is 5.60 Å². The number of ether oxygens (including phenoxy) is 1. The number of carbonyl (C=O) groups excluding carboxylic acids is 1. The van der Waals surface area contributed by atoms with Gasteiger partial charge in [0.05, 0.1) is 0 Å². The fourth-order valence-electron chi connectivity index (χ4n) is 4.66. The lowest BCUT2D eigenvalue weighted by Crippen LogP contribution is -2.62. The first-order valence-electron chi connectivity index (χ1n) is 12.6. The molecule has 0 aromatic rings. The molecule has 5 heteroatoms. The smallest absolute Gasteiger partial charge is 0.410 e. The van der Waals surface area contributed by atoms with Crippen molar-refractivity contribution in [2.45, 2.75) is 131 Å². The molecule has 1 N–H and O–H groups in total. The van der Waals surface area contributed by atoms with Crippen molar-refractivity contribution in [1.29, 1.82) is 0 Å². The van der Waals surface area contributed by atoms with E-state index < -0.39 is 5.60 Å². The van der Waals surface area contributed by atoms with Crippen molar-refractivity contribution in [2.24, 2.45) is 5.92 Å². The monoisotopic (exact) mass is 437 g/mol. The summed E-state index contributed by atoms with van der Waals surface area (Å²) in [6.07, 6.45) is 6.58. The number of nitrogens with one attached hydrogen (secondary N) is 1. The molecule has 0 aromatic carbocycles. The van der Waals surface area contributed by atoms with Gasteiger partial charge in [-0.25, -0.2) is 4.79 Å². The zero-order valence-electron chi connectivity index (χ0n) is 22.0. The number of hydrogen-bond donors (Lipinski definition) is 1. The Balaban J connectivity index is 2.58. The van der Waals surface area contributed by atoms with Crippen LogP contribution in [0.2, 0.25) is 0 Å². The maximum Gasteiger partial charge on any atom is 0.410 e. The van der Waals surface area contributed by atoms with Crippen LogP contribution in [0.3, 0.4) is 0 Å². The molecule has 1 heterocycles. The Hall–Kier alpha value is -1.23. The van der Waals surface area contributed by atoms with Crippen LogP contribution < -0.4 is 5.32 Å². The summed E-state index contributed by atoms with van der Waals surface area (Å²) in [6, 6.07) is 1.89. The zero-order valence-corrected chi connectivity index (χ0v) is 22.0. The van der Waals surface area contributed by atoms with Gasteiger partial charge in [-0.1, -0.05) is 47.6 Å². The normalized spacial score (nSPS) is 17.8. The first kappa shape index (κ1) is 27.8. The average molecular weight is 438 g/mol. The highest BCUT2D eigenvalue weighted by atomic mass is 16.6. The Morgan fingerprint density at radius 1 is 1.13 bits per heavy atom. The first-order chi connectivity index (χ1) is 14.4. The molecule has 1 amide bonds. The summed E-state index contributed by atoms with van der Waals surface area (Å²) in [6.45, 7) is 25.5. The van der Waals surface area contributed by atoms with Crippen LogP contribution in [-0.2, 0) is 4.74 Å². The van der Waals surface area contributed by atoms with Crippen LogP contribution in [0.5, 0.6) is 0 Å². The predicted molar refractivity (Wildman–Crippen MR) is 132 cm³/mol. The number of amides is 1. The largest absolute Gasteiger partial charge is 0.444 e. The van der Waals surface area contributed by atoms with Gasteiger partial charge in [0.2, 0.25) is 0 Å². The Morgan fingerprint density at radius 3 is 2.19 bits per heavy atom. The minimum Gasteiger partial charge on any atom is -0.444 e. The molecule has 5 nitrogen and oxygen atoms in total. The Bertz CT molecular complexity index is 549. The van der Waals surface area contributed by atoms with E-state index >= 15 is 0 Å². The fraction of sp³-hybridized carbons (Fsp3) is 0.885. The standard InChI is InChI=1S/C26H51N3O2/c1-11-14-20(6)29(24(13-3)19(4)5)21(7)15-16-22(12-2)27-23-17-28(18-23)25(30)31-26(8,9)10/h19,21-24,27H,6,11-18H2,1-5,7-10H3/t21-,22?,24?/m0/s1. The van der Waals surface area contributed by atoms with Gasteiger partial charge >= 0.3 is 6.09 Å². The van der Waals surface area contributed by atoms with Crippen molar-refractivity contribution in [3.63, 3.8) is 0 Å². The van der Waals surface area contributed by atoms with Gasteiger partial charge in [-0.15, -0.1) is 0 Å². The van der Waals surface area contributed by atoms with Crippen LogP contribution in [0.25, 0.3) is 0 Å². The lowest BCUT2D eigenvalue weighted by molar-refractivity contribution is 0.00387.